The van der Waals surface area contributed by atoms with Gasteiger partial charge in [0.15, 0.2) is 0 Å². The molecule has 1 rings (SSSR count). The summed E-state index contributed by atoms with van der Waals surface area (Å²) in [5.74, 6) is -1.09. The Bertz CT molecular complexity index is 346. The lowest BCUT2D eigenvalue weighted by Crippen LogP contribution is -2.45. The Morgan fingerprint density at radius 2 is 1.94 bits per heavy atom. The third-order valence-corrected chi connectivity index (χ3v) is 5.14. The van der Waals surface area contributed by atoms with Crippen LogP contribution in [0.2, 0.25) is 0 Å². The molecule has 0 aromatic heterocycles. The standard InChI is InChI=1S/C11H21NO4S/c1-2-6-10(11(13)14)12-17(15,16)9-7-4-3-5-8-9/h9-10,12H,2-8H2,1H3,(H,13,14). The van der Waals surface area contributed by atoms with Crippen LogP contribution in [0.1, 0.15) is 51.9 Å². The Morgan fingerprint density at radius 3 is 2.41 bits per heavy atom. The summed E-state index contributed by atoms with van der Waals surface area (Å²) in [5.41, 5.74) is 0. The van der Waals surface area contributed by atoms with Crippen molar-refractivity contribution in [2.45, 2.75) is 63.2 Å². The zero-order chi connectivity index (χ0) is 12.9. The van der Waals surface area contributed by atoms with Crippen LogP contribution >= 0.6 is 0 Å². The average Bonchev–Trinajstić information content (AvgIpc) is 2.29. The number of hydrogen-bond donors (Lipinski definition) is 2. The van der Waals surface area contributed by atoms with Crippen molar-refractivity contribution in [2.75, 3.05) is 0 Å². The van der Waals surface area contributed by atoms with Crippen LogP contribution in [0.25, 0.3) is 0 Å². The number of carboxylic acids is 1. The fraction of sp³-hybridized carbons (Fsp3) is 0.909. The predicted molar refractivity (Wildman–Crippen MR) is 65.3 cm³/mol. The van der Waals surface area contributed by atoms with Gasteiger partial charge < -0.3 is 5.11 Å². The van der Waals surface area contributed by atoms with E-state index in [1.54, 1.807) is 0 Å². The summed E-state index contributed by atoms with van der Waals surface area (Å²) in [7, 11) is -3.48. The van der Waals surface area contributed by atoms with Gasteiger partial charge in [-0.05, 0) is 19.3 Å². The first-order valence-corrected chi connectivity index (χ1v) is 7.76. The molecule has 0 spiro atoms. The van der Waals surface area contributed by atoms with E-state index in [1.807, 2.05) is 6.92 Å². The van der Waals surface area contributed by atoms with Crippen molar-refractivity contribution in [3.05, 3.63) is 0 Å². The molecule has 6 heteroatoms. The second-order valence-corrected chi connectivity index (χ2v) is 6.59. The van der Waals surface area contributed by atoms with Gasteiger partial charge in [-0.2, -0.15) is 0 Å². The first-order chi connectivity index (χ1) is 7.97. The van der Waals surface area contributed by atoms with Gasteiger partial charge in [0.2, 0.25) is 10.0 Å². The van der Waals surface area contributed by atoms with Gasteiger partial charge in [-0.15, -0.1) is 0 Å². The molecular weight excluding hydrogens is 242 g/mol. The fourth-order valence-corrected chi connectivity index (χ4v) is 3.95. The van der Waals surface area contributed by atoms with Crippen LogP contribution in [0.15, 0.2) is 0 Å². The molecule has 0 heterocycles. The van der Waals surface area contributed by atoms with Crippen LogP contribution in [-0.4, -0.2) is 30.8 Å². The highest BCUT2D eigenvalue weighted by Gasteiger charge is 2.31. The topological polar surface area (TPSA) is 83.5 Å². The molecule has 0 saturated heterocycles. The zero-order valence-electron chi connectivity index (χ0n) is 10.2. The van der Waals surface area contributed by atoms with Crippen LogP contribution < -0.4 is 4.72 Å². The predicted octanol–water partition coefficient (Wildman–Crippen LogP) is 1.49. The molecule has 1 aliphatic rings. The summed E-state index contributed by atoms with van der Waals surface area (Å²) in [4.78, 5) is 10.9. The van der Waals surface area contributed by atoms with Gasteiger partial charge in [0.1, 0.15) is 6.04 Å². The number of hydrogen-bond acceptors (Lipinski definition) is 3. The summed E-state index contributed by atoms with van der Waals surface area (Å²) >= 11 is 0. The highest BCUT2D eigenvalue weighted by Crippen LogP contribution is 2.23. The largest absolute Gasteiger partial charge is 0.480 e. The minimum Gasteiger partial charge on any atom is -0.480 e. The number of sulfonamides is 1. The van der Waals surface area contributed by atoms with E-state index in [2.05, 4.69) is 4.72 Å². The fourth-order valence-electron chi connectivity index (χ4n) is 2.19. The maximum Gasteiger partial charge on any atom is 0.321 e. The molecule has 0 bridgehead atoms. The van der Waals surface area contributed by atoms with Crippen molar-refractivity contribution in [3.63, 3.8) is 0 Å². The molecule has 1 atom stereocenters. The highest BCUT2D eigenvalue weighted by atomic mass is 32.2. The number of nitrogens with one attached hydrogen (secondary N) is 1. The van der Waals surface area contributed by atoms with Crippen LogP contribution in [0.5, 0.6) is 0 Å². The SMILES string of the molecule is CCCC(NS(=O)(=O)C1CCCCC1)C(=O)O. The van der Waals surface area contributed by atoms with Crippen molar-refractivity contribution in [1.29, 1.82) is 0 Å². The summed E-state index contributed by atoms with van der Waals surface area (Å²) < 4.78 is 26.3. The second-order valence-electron chi connectivity index (χ2n) is 4.60. The van der Waals surface area contributed by atoms with Crippen molar-refractivity contribution >= 4 is 16.0 Å². The van der Waals surface area contributed by atoms with Crippen molar-refractivity contribution < 1.29 is 18.3 Å². The van der Waals surface area contributed by atoms with E-state index in [9.17, 15) is 13.2 Å². The van der Waals surface area contributed by atoms with E-state index in [-0.39, 0.29) is 0 Å². The maximum atomic E-state index is 12.0. The molecule has 0 aliphatic heterocycles. The normalized spacial score (nSPS) is 20.1. The van der Waals surface area contributed by atoms with Crippen LogP contribution in [0.4, 0.5) is 0 Å². The molecule has 0 radical (unpaired) electrons. The minimum absolute atomic E-state index is 0.335. The van der Waals surface area contributed by atoms with Gasteiger partial charge in [0.25, 0.3) is 0 Å². The smallest absolute Gasteiger partial charge is 0.321 e. The Hall–Kier alpha value is -0.620. The molecule has 0 amide bonds. The monoisotopic (exact) mass is 263 g/mol. The highest BCUT2D eigenvalue weighted by molar-refractivity contribution is 7.90. The molecule has 0 aromatic carbocycles. The summed E-state index contributed by atoms with van der Waals surface area (Å²) in [6.07, 6.45) is 5.17. The lowest BCUT2D eigenvalue weighted by atomic mass is 10.0. The molecular formula is C11H21NO4S. The number of aliphatic carboxylic acids is 1. The van der Waals surface area contributed by atoms with Gasteiger partial charge in [-0.25, -0.2) is 13.1 Å². The van der Waals surface area contributed by atoms with Crippen molar-refractivity contribution in [2.24, 2.45) is 0 Å². The van der Waals surface area contributed by atoms with Gasteiger partial charge >= 0.3 is 5.97 Å². The molecule has 1 fully saturated rings. The zero-order valence-corrected chi connectivity index (χ0v) is 11.0. The van der Waals surface area contributed by atoms with Gasteiger partial charge in [-0.1, -0.05) is 32.6 Å². The number of rotatable bonds is 6. The van der Waals surface area contributed by atoms with E-state index < -0.39 is 27.3 Å². The lowest BCUT2D eigenvalue weighted by molar-refractivity contribution is -0.139. The van der Waals surface area contributed by atoms with Gasteiger partial charge in [0, 0.05) is 0 Å². The summed E-state index contributed by atoms with van der Waals surface area (Å²) in [6, 6.07) is -0.980. The van der Waals surface area contributed by atoms with E-state index in [1.165, 1.54) is 0 Å². The summed E-state index contributed by atoms with van der Waals surface area (Å²) in [6.45, 7) is 1.84. The van der Waals surface area contributed by atoms with Crippen LogP contribution in [0.3, 0.4) is 0 Å². The molecule has 1 unspecified atom stereocenters. The average molecular weight is 263 g/mol. The van der Waals surface area contributed by atoms with Crippen molar-refractivity contribution in [3.8, 4) is 0 Å². The van der Waals surface area contributed by atoms with Gasteiger partial charge in [-0.3, -0.25) is 4.79 Å². The third-order valence-electron chi connectivity index (χ3n) is 3.17. The number of carbonyl (C=O) groups is 1. The summed E-state index contributed by atoms with van der Waals surface area (Å²) in [5, 5.41) is 8.53. The molecule has 0 aromatic rings. The Balaban J connectivity index is 2.65. The first-order valence-electron chi connectivity index (χ1n) is 6.21. The van der Waals surface area contributed by atoms with Crippen molar-refractivity contribution in [1.82, 2.24) is 4.72 Å². The lowest BCUT2D eigenvalue weighted by Gasteiger charge is -2.24. The molecule has 5 nitrogen and oxygen atoms in total. The Labute approximate surface area is 103 Å². The van der Waals surface area contributed by atoms with Gasteiger partial charge in [0.05, 0.1) is 5.25 Å². The van der Waals surface area contributed by atoms with E-state index in [0.29, 0.717) is 25.7 Å². The van der Waals surface area contributed by atoms with Crippen LogP contribution in [0, 0.1) is 0 Å². The quantitative estimate of drug-likeness (QED) is 0.760. The molecule has 1 aliphatic carbocycles. The van der Waals surface area contributed by atoms with E-state index in [4.69, 9.17) is 5.11 Å². The van der Waals surface area contributed by atoms with Crippen LogP contribution in [-0.2, 0) is 14.8 Å². The molecule has 17 heavy (non-hydrogen) atoms. The van der Waals surface area contributed by atoms with E-state index >= 15 is 0 Å². The third kappa shape index (κ3) is 4.27. The minimum atomic E-state index is -3.48. The molecule has 1 saturated carbocycles. The maximum absolute atomic E-state index is 12.0. The second kappa shape index (κ2) is 6.35. The number of carboxylic acid groups (broad SMARTS) is 1. The van der Waals surface area contributed by atoms with E-state index in [0.717, 1.165) is 19.3 Å². The molecule has 100 valence electrons. The Kier molecular flexibility index (Phi) is 5.39. The Morgan fingerprint density at radius 1 is 1.35 bits per heavy atom. The first kappa shape index (κ1) is 14.4. The molecule has 2 N–H and O–H groups in total.